The molecule has 0 radical (unpaired) electrons. The highest BCUT2D eigenvalue weighted by Crippen LogP contribution is 2.33. The molecule has 4 heteroatoms. The van der Waals surface area contributed by atoms with Crippen LogP contribution >= 0.6 is 12.4 Å². The van der Waals surface area contributed by atoms with Crippen molar-refractivity contribution in [3.63, 3.8) is 0 Å². The molecule has 2 rings (SSSR count). The van der Waals surface area contributed by atoms with E-state index in [0.717, 1.165) is 44.8 Å². The summed E-state index contributed by atoms with van der Waals surface area (Å²) in [5, 5.41) is 0. The van der Waals surface area contributed by atoms with Gasteiger partial charge in [-0.05, 0) is 48.9 Å². The van der Waals surface area contributed by atoms with Gasteiger partial charge >= 0.3 is 0 Å². The minimum atomic E-state index is 0. The van der Waals surface area contributed by atoms with Crippen molar-refractivity contribution in [2.75, 3.05) is 26.9 Å². The Bertz CT molecular complexity index is 347. The first-order valence-corrected chi connectivity index (χ1v) is 6.19. The molecule has 1 saturated heterocycles. The summed E-state index contributed by atoms with van der Waals surface area (Å²) in [6.07, 6.45) is 3.17. The number of benzene rings is 1. The smallest absolute Gasteiger partial charge is 0.118 e. The summed E-state index contributed by atoms with van der Waals surface area (Å²) in [6.45, 7) is 2.42. The summed E-state index contributed by atoms with van der Waals surface area (Å²) in [7, 11) is 1.69. The first kappa shape index (κ1) is 15.3. The van der Waals surface area contributed by atoms with Crippen LogP contribution in [0.5, 0.6) is 5.75 Å². The lowest BCUT2D eigenvalue weighted by atomic mass is 9.75. The number of methoxy groups -OCH3 is 1. The minimum Gasteiger partial charge on any atom is -0.497 e. The lowest BCUT2D eigenvalue weighted by Crippen LogP contribution is -2.38. The van der Waals surface area contributed by atoms with E-state index < -0.39 is 0 Å². The van der Waals surface area contributed by atoms with Crippen molar-refractivity contribution in [1.29, 1.82) is 0 Å². The molecule has 0 aromatic heterocycles. The monoisotopic (exact) mass is 271 g/mol. The average Bonchev–Trinajstić information content (AvgIpc) is 2.41. The van der Waals surface area contributed by atoms with Crippen molar-refractivity contribution in [1.82, 2.24) is 0 Å². The van der Waals surface area contributed by atoms with Gasteiger partial charge in [-0.3, -0.25) is 0 Å². The third-order valence-corrected chi connectivity index (χ3v) is 3.72. The van der Waals surface area contributed by atoms with Crippen LogP contribution in [0.1, 0.15) is 18.4 Å². The summed E-state index contributed by atoms with van der Waals surface area (Å²) >= 11 is 0. The van der Waals surface area contributed by atoms with E-state index in [1.807, 2.05) is 12.1 Å². The average molecular weight is 272 g/mol. The van der Waals surface area contributed by atoms with Gasteiger partial charge in [0.05, 0.1) is 7.11 Å². The first-order valence-electron chi connectivity index (χ1n) is 6.19. The van der Waals surface area contributed by atoms with Gasteiger partial charge in [0.25, 0.3) is 0 Å². The van der Waals surface area contributed by atoms with Crippen LogP contribution in [0.2, 0.25) is 0 Å². The zero-order valence-corrected chi connectivity index (χ0v) is 11.7. The Labute approximate surface area is 115 Å². The zero-order chi connectivity index (χ0) is 12.1. The van der Waals surface area contributed by atoms with E-state index in [-0.39, 0.29) is 17.8 Å². The van der Waals surface area contributed by atoms with E-state index in [9.17, 15) is 0 Å². The van der Waals surface area contributed by atoms with E-state index in [4.69, 9.17) is 15.2 Å². The van der Waals surface area contributed by atoms with E-state index in [1.54, 1.807) is 7.11 Å². The molecule has 1 fully saturated rings. The summed E-state index contributed by atoms with van der Waals surface area (Å²) in [5.74, 6) is 0.905. The fourth-order valence-electron chi connectivity index (χ4n) is 2.43. The van der Waals surface area contributed by atoms with E-state index in [1.165, 1.54) is 5.56 Å². The fourth-order valence-corrected chi connectivity index (χ4v) is 2.43. The normalized spacial score (nSPS) is 17.9. The van der Waals surface area contributed by atoms with Gasteiger partial charge in [-0.25, -0.2) is 0 Å². The predicted octanol–water partition coefficient (Wildman–Crippen LogP) is 2.42. The third kappa shape index (κ3) is 3.61. The fraction of sp³-hybridized carbons (Fsp3) is 0.571. The number of halogens is 1. The van der Waals surface area contributed by atoms with Crippen molar-refractivity contribution in [3.05, 3.63) is 29.8 Å². The molecule has 1 aliphatic heterocycles. The van der Waals surface area contributed by atoms with Crippen molar-refractivity contribution in [2.45, 2.75) is 19.3 Å². The summed E-state index contributed by atoms with van der Waals surface area (Å²) in [6, 6.07) is 8.29. The molecule has 0 amide bonds. The lowest BCUT2D eigenvalue weighted by Gasteiger charge is -2.36. The molecule has 18 heavy (non-hydrogen) atoms. The molecule has 1 aliphatic rings. The summed E-state index contributed by atoms with van der Waals surface area (Å²) in [5.41, 5.74) is 7.52. The summed E-state index contributed by atoms with van der Waals surface area (Å²) < 4.78 is 10.6. The van der Waals surface area contributed by atoms with Crippen LogP contribution in [-0.2, 0) is 11.2 Å². The van der Waals surface area contributed by atoms with Crippen LogP contribution in [-0.4, -0.2) is 26.9 Å². The maximum atomic E-state index is 5.96. The molecule has 1 aromatic carbocycles. The Morgan fingerprint density at radius 2 is 1.83 bits per heavy atom. The molecule has 0 atom stereocenters. The molecular weight excluding hydrogens is 250 g/mol. The van der Waals surface area contributed by atoms with Crippen LogP contribution in [0, 0.1) is 5.41 Å². The first-order chi connectivity index (χ1) is 8.28. The van der Waals surface area contributed by atoms with Crippen LogP contribution in [0.15, 0.2) is 24.3 Å². The highest BCUT2D eigenvalue weighted by atomic mass is 35.5. The molecule has 1 aromatic rings. The van der Waals surface area contributed by atoms with Crippen molar-refractivity contribution < 1.29 is 9.47 Å². The molecule has 3 nitrogen and oxygen atoms in total. The zero-order valence-electron chi connectivity index (χ0n) is 10.9. The largest absolute Gasteiger partial charge is 0.497 e. The van der Waals surface area contributed by atoms with Crippen molar-refractivity contribution in [3.8, 4) is 5.75 Å². The van der Waals surface area contributed by atoms with Gasteiger partial charge in [0.15, 0.2) is 0 Å². The third-order valence-electron chi connectivity index (χ3n) is 3.72. The van der Waals surface area contributed by atoms with Gasteiger partial charge in [-0.15, -0.1) is 12.4 Å². The van der Waals surface area contributed by atoms with E-state index >= 15 is 0 Å². The predicted molar refractivity (Wildman–Crippen MR) is 75.5 cm³/mol. The molecule has 0 saturated carbocycles. The maximum Gasteiger partial charge on any atom is 0.118 e. The molecule has 0 unspecified atom stereocenters. The number of rotatable bonds is 4. The van der Waals surface area contributed by atoms with E-state index in [2.05, 4.69) is 12.1 Å². The second-order valence-electron chi connectivity index (χ2n) is 4.84. The Hall–Kier alpha value is -0.770. The molecule has 1 heterocycles. The highest BCUT2D eigenvalue weighted by Gasteiger charge is 2.31. The van der Waals surface area contributed by atoms with Gasteiger partial charge in [-0.2, -0.15) is 0 Å². The number of hydrogen-bond acceptors (Lipinski definition) is 3. The number of nitrogens with two attached hydrogens (primary N) is 1. The van der Waals surface area contributed by atoms with Gasteiger partial charge < -0.3 is 15.2 Å². The summed E-state index contributed by atoms with van der Waals surface area (Å²) in [4.78, 5) is 0. The van der Waals surface area contributed by atoms with Crippen LogP contribution in [0.3, 0.4) is 0 Å². The van der Waals surface area contributed by atoms with Crippen LogP contribution in [0.25, 0.3) is 0 Å². The highest BCUT2D eigenvalue weighted by molar-refractivity contribution is 5.85. The van der Waals surface area contributed by atoms with E-state index in [0.29, 0.717) is 0 Å². The van der Waals surface area contributed by atoms with Gasteiger partial charge in [0.2, 0.25) is 0 Å². The van der Waals surface area contributed by atoms with Crippen molar-refractivity contribution >= 4 is 12.4 Å². The minimum absolute atomic E-state index is 0. The Morgan fingerprint density at radius 1 is 1.22 bits per heavy atom. The van der Waals surface area contributed by atoms with Crippen LogP contribution < -0.4 is 10.5 Å². The maximum absolute atomic E-state index is 5.96. The van der Waals surface area contributed by atoms with Crippen LogP contribution in [0.4, 0.5) is 0 Å². The molecule has 0 aliphatic carbocycles. The molecule has 0 spiro atoms. The molecule has 2 N–H and O–H groups in total. The quantitative estimate of drug-likeness (QED) is 0.915. The van der Waals surface area contributed by atoms with Crippen molar-refractivity contribution in [2.24, 2.45) is 11.1 Å². The molecule has 0 bridgehead atoms. The SMILES string of the molecule is COc1ccc(CC2(CN)CCOCC2)cc1.Cl. The Balaban J connectivity index is 0.00000162. The number of hydrogen-bond donors (Lipinski definition) is 1. The topological polar surface area (TPSA) is 44.5 Å². The molecule has 102 valence electrons. The second kappa shape index (κ2) is 6.98. The standard InChI is InChI=1S/C14H21NO2.ClH/c1-16-13-4-2-12(3-5-13)10-14(11-15)6-8-17-9-7-14;/h2-5H,6-11,15H2,1H3;1H. The van der Waals surface area contributed by atoms with Gasteiger partial charge in [0, 0.05) is 13.2 Å². The Morgan fingerprint density at radius 3 is 2.33 bits per heavy atom. The number of ether oxygens (including phenoxy) is 2. The second-order valence-corrected chi connectivity index (χ2v) is 4.84. The molecular formula is C14H22ClNO2. The van der Waals surface area contributed by atoms with Gasteiger partial charge in [0.1, 0.15) is 5.75 Å². The Kier molecular flexibility index (Phi) is 5.93. The van der Waals surface area contributed by atoms with Gasteiger partial charge in [-0.1, -0.05) is 12.1 Å². The lowest BCUT2D eigenvalue weighted by molar-refractivity contribution is 0.0191.